The minimum Gasteiger partial charge on any atom is -0.371 e. The number of rotatable bonds is 3. The zero-order valence-corrected chi connectivity index (χ0v) is 11.5. The maximum Gasteiger partial charge on any atom is 0.253 e. The van der Waals surface area contributed by atoms with Crippen LogP contribution in [0.25, 0.3) is 11.4 Å². The molecule has 0 atom stereocenters. The third kappa shape index (κ3) is 2.74. The molecule has 20 heavy (non-hydrogen) atoms. The van der Waals surface area contributed by atoms with Crippen LogP contribution in [0, 0.1) is 5.82 Å². The normalized spacial score (nSPS) is 10.2. The lowest BCUT2D eigenvalue weighted by Crippen LogP contribution is -2.21. The molecule has 1 N–H and O–H groups in total. The second kappa shape index (κ2) is 5.64. The van der Waals surface area contributed by atoms with Crippen LogP contribution in [-0.4, -0.2) is 41.9 Å². The minimum absolute atomic E-state index is 0.0764. The zero-order valence-electron chi connectivity index (χ0n) is 11.5. The quantitative estimate of drug-likeness (QED) is 0.930. The van der Waals surface area contributed by atoms with Crippen LogP contribution in [0.2, 0.25) is 0 Å². The van der Waals surface area contributed by atoms with Crippen LogP contribution in [0.3, 0.4) is 0 Å². The summed E-state index contributed by atoms with van der Waals surface area (Å²) in [7, 11) is 4.98. The van der Waals surface area contributed by atoms with Crippen LogP contribution in [0.5, 0.6) is 0 Å². The first kappa shape index (κ1) is 13.9. The molecule has 5 nitrogen and oxygen atoms in total. The molecule has 1 aromatic carbocycles. The summed E-state index contributed by atoms with van der Waals surface area (Å²) >= 11 is 0. The summed E-state index contributed by atoms with van der Waals surface area (Å²) in [4.78, 5) is 21.3. The maximum atomic E-state index is 13.3. The molecule has 2 aromatic rings. The summed E-state index contributed by atoms with van der Waals surface area (Å²) in [5.74, 6) is -0.0359. The molecular formula is C14H15FN4O. The Kier molecular flexibility index (Phi) is 3.93. The van der Waals surface area contributed by atoms with E-state index >= 15 is 0 Å². The van der Waals surface area contributed by atoms with Crippen molar-refractivity contribution in [2.45, 2.75) is 0 Å². The van der Waals surface area contributed by atoms with Gasteiger partial charge in [0.2, 0.25) is 0 Å². The van der Waals surface area contributed by atoms with Crippen LogP contribution in [0.4, 0.5) is 10.2 Å². The van der Waals surface area contributed by atoms with Gasteiger partial charge in [-0.1, -0.05) is 12.1 Å². The predicted molar refractivity (Wildman–Crippen MR) is 75.0 cm³/mol. The molecule has 0 unspecified atom stereocenters. The van der Waals surface area contributed by atoms with Gasteiger partial charge in [-0.25, -0.2) is 14.4 Å². The second-order valence-electron chi connectivity index (χ2n) is 4.42. The summed E-state index contributed by atoms with van der Waals surface area (Å²) in [6.07, 6.45) is 1.12. The van der Waals surface area contributed by atoms with Gasteiger partial charge < -0.3 is 10.2 Å². The van der Waals surface area contributed by atoms with Gasteiger partial charge in [0.1, 0.15) is 0 Å². The molecular weight excluding hydrogens is 259 g/mol. The molecule has 0 aliphatic rings. The van der Waals surface area contributed by atoms with Crippen LogP contribution in [0.15, 0.2) is 30.5 Å². The fourth-order valence-corrected chi connectivity index (χ4v) is 1.70. The lowest BCUT2D eigenvalue weighted by molar-refractivity contribution is 0.0827. The van der Waals surface area contributed by atoms with E-state index in [0.717, 1.165) is 11.8 Å². The lowest BCUT2D eigenvalue weighted by Gasteiger charge is -2.10. The number of hydrogen-bond acceptors (Lipinski definition) is 4. The molecule has 104 valence electrons. The van der Waals surface area contributed by atoms with E-state index in [2.05, 4.69) is 15.3 Å². The maximum absolute atomic E-state index is 13.3. The Hall–Kier alpha value is -2.50. The van der Waals surface area contributed by atoms with E-state index in [-0.39, 0.29) is 11.7 Å². The highest BCUT2D eigenvalue weighted by Gasteiger charge is 2.10. The molecule has 0 fully saturated rings. The van der Waals surface area contributed by atoms with Gasteiger partial charge in [-0.2, -0.15) is 0 Å². The Labute approximate surface area is 116 Å². The van der Waals surface area contributed by atoms with Gasteiger partial charge in [-0.3, -0.25) is 4.79 Å². The van der Waals surface area contributed by atoms with Gasteiger partial charge in [0, 0.05) is 32.3 Å². The Morgan fingerprint density at radius 3 is 2.45 bits per heavy atom. The van der Waals surface area contributed by atoms with Gasteiger partial charge in [-0.15, -0.1) is 0 Å². The highest BCUT2D eigenvalue weighted by atomic mass is 19.1. The zero-order chi connectivity index (χ0) is 14.7. The smallest absolute Gasteiger partial charge is 0.253 e. The highest BCUT2D eigenvalue weighted by molar-refractivity contribution is 5.94. The number of nitrogens with one attached hydrogen (secondary N) is 1. The van der Waals surface area contributed by atoms with Gasteiger partial charge in [0.25, 0.3) is 5.91 Å². The first-order valence-corrected chi connectivity index (χ1v) is 6.05. The topological polar surface area (TPSA) is 58.1 Å². The molecule has 0 bridgehead atoms. The Morgan fingerprint density at radius 1 is 1.25 bits per heavy atom. The number of halogens is 1. The van der Waals surface area contributed by atoms with Crippen LogP contribution >= 0.6 is 0 Å². The second-order valence-corrected chi connectivity index (χ2v) is 4.42. The highest BCUT2D eigenvalue weighted by Crippen LogP contribution is 2.19. The van der Waals surface area contributed by atoms with E-state index in [1.54, 1.807) is 45.4 Å². The average molecular weight is 274 g/mol. The van der Waals surface area contributed by atoms with Crippen molar-refractivity contribution in [3.05, 3.63) is 41.8 Å². The first-order valence-electron chi connectivity index (χ1n) is 6.05. The standard InChI is InChI=1S/C14H15FN4O/c1-16-13-11(15)8-17-12(18-13)9-4-6-10(7-5-9)14(20)19(2)3/h4-8H,1-3H3,(H,16,17,18). The van der Waals surface area contributed by atoms with Crippen molar-refractivity contribution in [1.29, 1.82) is 0 Å². The van der Waals surface area contributed by atoms with Crippen molar-refractivity contribution >= 4 is 11.7 Å². The van der Waals surface area contributed by atoms with Gasteiger partial charge in [-0.05, 0) is 12.1 Å². The Bertz CT molecular complexity index is 626. The van der Waals surface area contributed by atoms with Gasteiger partial charge in [0.15, 0.2) is 17.5 Å². The summed E-state index contributed by atoms with van der Waals surface area (Å²) < 4.78 is 13.3. The summed E-state index contributed by atoms with van der Waals surface area (Å²) in [5.41, 5.74) is 1.30. The molecule has 0 aliphatic heterocycles. The third-order valence-electron chi connectivity index (χ3n) is 2.78. The van der Waals surface area contributed by atoms with Crippen LogP contribution in [0.1, 0.15) is 10.4 Å². The number of aromatic nitrogens is 2. The largest absolute Gasteiger partial charge is 0.371 e. The molecule has 1 heterocycles. The van der Waals surface area contributed by atoms with E-state index in [1.165, 1.54) is 4.90 Å². The van der Waals surface area contributed by atoms with Crippen molar-refractivity contribution in [3.63, 3.8) is 0 Å². The molecule has 1 aromatic heterocycles. The summed E-state index contributed by atoms with van der Waals surface area (Å²) in [5, 5.41) is 2.66. The Balaban J connectivity index is 2.33. The number of carbonyl (C=O) groups excluding carboxylic acids is 1. The van der Waals surface area contributed by atoms with Crippen LogP contribution in [-0.2, 0) is 0 Å². The molecule has 0 radical (unpaired) electrons. The van der Waals surface area contributed by atoms with Crippen molar-refractivity contribution < 1.29 is 9.18 Å². The fourth-order valence-electron chi connectivity index (χ4n) is 1.70. The molecule has 0 saturated heterocycles. The number of anilines is 1. The lowest BCUT2D eigenvalue weighted by atomic mass is 10.1. The van der Waals surface area contributed by atoms with Gasteiger partial charge >= 0.3 is 0 Å². The molecule has 2 rings (SSSR count). The van der Waals surface area contributed by atoms with Crippen molar-refractivity contribution in [1.82, 2.24) is 14.9 Å². The molecule has 6 heteroatoms. The SMILES string of the molecule is CNc1nc(-c2ccc(C(=O)N(C)C)cc2)ncc1F. The van der Waals surface area contributed by atoms with Crippen LogP contribution < -0.4 is 5.32 Å². The van der Waals surface area contributed by atoms with E-state index in [4.69, 9.17) is 0 Å². The number of carbonyl (C=O) groups is 1. The first-order chi connectivity index (χ1) is 9.52. The van der Waals surface area contributed by atoms with E-state index < -0.39 is 5.82 Å². The third-order valence-corrected chi connectivity index (χ3v) is 2.78. The van der Waals surface area contributed by atoms with E-state index in [0.29, 0.717) is 11.4 Å². The number of benzene rings is 1. The van der Waals surface area contributed by atoms with Crippen molar-refractivity contribution in [2.24, 2.45) is 0 Å². The Morgan fingerprint density at radius 2 is 1.90 bits per heavy atom. The molecule has 0 aliphatic carbocycles. The summed E-state index contributed by atoms with van der Waals surface area (Å²) in [6.45, 7) is 0. The minimum atomic E-state index is -0.504. The predicted octanol–water partition coefficient (Wildman–Crippen LogP) is 2.03. The molecule has 1 amide bonds. The van der Waals surface area contributed by atoms with Gasteiger partial charge in [0.05, 0.1) is 6.20 Å². The van der Waals surface area contributed by atoms with E-state index in [9.17, 15) is 9.18 Å². The number of nitrogens with zero attached hydrogens (tertiary/aromatic N) is 3. The van der Waals surface area contributed by atoms with Crippen molar-refractivity contribution in [2.75, 3.05) is 26.5 Å². The molecule has 0 saturated carbocycles. The van der Waals surface area contributed by atoms with E-state index in [1.807, 2.05) is 0 Å². The number of hydrogen-bond donors (Lipinski definition) is 1. The number of amides is 1. The fraction of sp³-hybridized carbons (Fsp3) is 0.214. The van der Waals surface area contributed by atoms with Crippen molar-refractivity contribution in [3.8, 4) is 11.4 Å². The monoisotopic (exact) mass is 274 g/mol. The summed E-state index contributed by atoms with van der Waals surface area (Å²) in [6, 6.07) is 6.87. The average Bonchev–Trinajstić information content (AvgIpc) is 2.47. The molecule has 0 spiro atoms.